The van der Waals surface area contributed by atoms with Crippen molar-refractivity contribution in [1.29, 1.82) is 0 Å². The molecule has 0 radical (unpaired) electrons. The van der Waals surface area contributed by atoms with Gasteiger partial charge in [-0.05, 0) is 86.3 Å². The molecule has 0 aliphatic heterocycles. The van der Waals surface area contributed by atoms with E-state index < -0.39 is 41.4 Å². The molecule has 242 valence electrons. The number of carbonyl (C=O) groups is 4. The number of amides is 3. The Labute approximate surface area is 268 Å². The SMILES string of the molecule is C[C@](Cc1c[nH]c2ccccc12)(NC(=O)OC1C2CC3CC(C2)CC1C3)C(=O)NCC(NC(=O)[C@@H]1C[C@H]1C(=O)O)c1ccccc1. The van der Waals surface area contributed by atoms with Gasteiger partial charge in [0, 0.05) is 30.1 Å². The van der Waals surface area contributed by atoms with Crippen LogP contribution in [-0.4, -0.2) is 52.2 Å². The summed E-state index contributed by atoms with van der Waals surface area (Å²) in [6, 6.07) is 16.5. The first kappa shape index (κ1) is 30.3. The highest BCUT2D eigenvalue weighted by molar-refractivity contribution is 5.92. The first-order chi connectivity index (χ1) is 22.2. The van der Waals surface area contributed by atoms with E-state index in [1.165, 1.54) is 6.42 Å². The predicted molar refractivity (Wildman–Crippen MR) is 170 cm³/mol. The lowest BCUT2D eigenvalue weighted by molar-refractivity contribution is -0.140. The molecule has 1 aromatic heterocycles. The number of H-pyrrole nitrogens is 1. The summed E-state index contributed by atoms with van der Waals surface area (Å²) in [7, 11) is 0. The molecule has 5 fully saturated rings. The number of fused-ring (bicyclic) bond motifs is 1. The number of para-hydroxylation sites is 1. The number of nitrogens with one attached hydrogen (secondary N) is 4. The number of ether oxygens (including phenoxy) is 1. The number of aromatic nitrogens is 1. The molecule has 5 aliphatic rings. The number of hydrogen-bond acceptors (Lipinski definition) is 5. The standard InChI is InChI=1S/C36H42N4O6/c1-36(17-25-18-37-29-10-6-5-9-26(25)29,40-35(45)46-31-23-12-20-11-21(14-23)15-24(31)13-20)34(44)38-19-30(22-7-3-2-4-8-22)39-32(41)27-16-28(27)33(42)43/h2-10,18,20-21,23-24,27-28,30-31,37H,11-17,19H2,1H3,(H,38,44)(H,39,41)(H,40,45)(H,42,43)/t20?,21?,23?,24?,27-,28-,30?,31?,36-/m1/s1. The number of carbonyl (C=O) groups excluding carboxylic acids is 3. The number of benzene rings is 2. The molecule has 10 nitrogen and oxygen atoms in total. The molecule has 3 aromatic rings. The number of carboxylic acids is 1. The van der Waals surface area contributed by atoms with Crippen molar-refractivity contribution in [2.75, 3.05) is 6.54 Å². The van der Waals surface area contributed by atoms with Crippen LogP contribution in [0.1, 0.15) is 62.6 Å². The van der Waals surface area contributed by atoms with Crippen molar-refractivity contribution < 1.29 is 29.0 Å². The summed E-state index contributed by atoms with van der Waals surface area (Å²) in [5.74, 6) is -0.754. The van der Waals surface area contributed by atoms with Crippen LogP contribution in [0, 0.1) is 35.5 Å². The molecule has 1 heterocycles. The zero-order valence-corrected chi connectivity index (χ0v) is 26.0. The van der Waals surface area contributed by atoms with Gasteiger partial charge in [0.15, 0.2) is 0 Å². The first-order valence-electron chi connectivity index (χ1n) is 16.6. The van der Waals surface area contributed by atoms with Crippen LogP contribution in [0.25, 0.3) is 10.9 Å². The van der Waals surface area contributed by atoms with Crippen LogP contribution >= 0.6 is 0 Å². The lowest BCUT2D eigenvalue weighted by atomic mass is 9.55. The minimum absolute atomic E-state index is 0.0504. The molecule has 46 heavy (non-hydrogen) atoms. The van der Waals surface area contributed by atoms with E-state index in [0.29, 0.717) is 18.3 Å². The van der Waals surface area contributed by atoms with Gasteiger partial charge >= 0.3 is 12.1 Å². The van der Waals surface area contributed by atoms with Crippen molar-refractivity contribution in [2.45, 2.75) is 69.6 Å². The Morgan fingerprint density at radius 3 is 2.26 bits per heavy atom. The number of hydrogen-bond donors (Lipinski definition) is 5. The number of rotatable bonds is 11. The topological polar surface area (TPSA) is 150 Å². The second-order valence-electron chi connectivity index (χ2n) is 14.3. The van der Waals surface area contributed by atoms with Gasteiger partial charge in [0.25, 0.3) is 0 Å². The summed E-state index contributed by atoms with van der Waals surface area (Å²) < 4.78 is 6.15. The Balaban J connectivity index is 1.08. The lowest BCUT2D eigenvalue weighted by Gasteiger charge is -2.53. The lowest BCUT2D eigenvalue weighted by Crippen LogP contribution is -2.60. The predicted octanol–water partition coefficient (Wildman–Crippen LogP) is 4.71. The van der Waals surface area contributed by atoms with Crippen molar-refractivity contribution >= 4 is 34.8 Å². The fraction of sp³-hybridized carbons (Fsp3) is 0.500. The third-order valence-electron chi connectivity index (χ3n) is 10.9. The second-order valence-corrected chi connectivity index (χ2v) is 14.3. The summed E-state index contributed by atoms with van der Waals surface area (Å²) in [4.78, 5) is 55.3. The zero-order valence-electron chi connectivity index (χ0n) is 26.0. The molecule has 3 amide bonds. The van der Waals surface area contributed by atoms with E-state index in [1.807, 2.05) is 60.8 Å². The minimum Gasteiger partial charge on any atom is -0.481 e. The molecular formula is C36H42N4O6. The van der Waals surface area contributed by atoms with Crippen molar-refractivity contribution in [2.24, 2.45) is 35.5 Å². The van der Waals surface area contributed by atoms with E-state index in [-0.39, 0.29) is 25.0 Å². The van der Waals surface area contributed by atoms with Crippen LogP contribution in [0.2, 0.25) is 0 Å². The molecule has 10 heteroatoms. The van der Waals surface area contributed by atoms with Gasteiger partial charge in [-0.25, -0.2) is 4.79 Å². The van der Waals surface area contributed by atoms with Gasteiger partial charge in [0.1, 0.15) is 11.6 Å². The van der Waals surface area contributed by atoms with Gasteiger partial charge in [0.05, 0.1) is 17.9 Å². The summed E-state index contributed by atoms with van der Waals surface area (Å²) in [6.07, 6.45) is 7.41. The normalized spacial score (nSPS) is 29.4. The molecule has 0 saturated heterocycles. The number of aromatic amines is 1. The van der Waals surface area contributed by atoms with Crippen LogP contribution in [-0.2, 0) is 25.5 Å². The van der Waals surface area contributed by atoms with E-state index in [2.05, 4.69) is 20.9 Å². The van der Waals surface area contributed by atoms with Crippen molar-refractivity contribution in [1.82, 2.24) is 20.9 Å². The van der Waals surface area contributed by atoms with Gasteiger partial charge in [-0.2, -0.15) is 0 Å². The summed E-state index contributed by atoms with van der Waals surface area (Å²) in [5, 5.41) is 19.2. The van der Waals surface area contributed by atoms with E-state index in [0.717, 1.165) is 59.5 Å². The van der Waals surface area contributed by atoms with Gasteiger partial charge in [-0.3, -0.25) is 14.4 Å². The third kappa shape index (κ3) is 6.09. The van der Waals surface area contributed by atoms with Crippen LogP contribution in [0.5, 0.6) is 0 Å². The molecule has 8 rings (SSSR count). The van der Waals surface area contributed by atoms with E-state index >= 15 is 0 Å². The monoisotopic (exact) mass is 626 g/mol. The Morgan fingerprint density at radius 1 is 0.913 bits per heavy atom. The van der Waals surface area contributed by atoms with Crippen LogP contribution in [0.15, 0.2) is 60.8 Å². The highest BCUT2D eigenvalue weighted by atomic mass is 16.6. The molecule has 1 unspecified atom stereocenters. The molecule has 5 saturated carbocycles. The first-order valence-corrected chi connectivity index (χ1v) is 16.6. The summed E-state index contributed by atoms with van der Waals surface area (Å²) in [6.45, 7) is 1.76. The number of alkyl carbamates (subject to hydrolysis) is 1. The van der Waals surface area contributed by atoms with Crippen LogP contribution in [0.4, 0.5) is 4.79 Å². The van der Waals surface area contributed by atoms with Crippen LogP contribution in [0.3, 0.4) is 0 Å². The maximum atomic E-state index is 14.1. The van der Waals surface area contributed by atoms with Crippen molar-refractivity contribution in [3.63, 3.8) is 0 Å². The fourth-order valence-electron chi connectivity index (χ4n) is 8.65. The van der Waals surface area contributed by atoms with E-state index in [4.69, 9.17) is 4.74 Å². The largest absolute Gasteiger partial charge is 0.481 e. The van der Waals surface area contributed by atoms with E-state index in [1.54, 1.807) is 6.92 Å². The number of aliphatic carboxylic acids is 1. The van der Waals surface area contributed by atoms with Crippen LogP contribution < -0.4 is 16.0 Å². The fourth-order valence-corrected chi connectivity index (χ4v) is 8.65. The van der Waals surface area contributed by atoms with E-state index in [9.17, 15) is 24.3 Å². The Kier molecular flexibility index (Phi) is 7.98. The van der Waals surface area contributed by atoms with Gasteiger partial charge < -0.3 is 30.8 Å². The Morgan fingerprint density at radius 2 is 1.59 bits per heavy atom. The third-order valence-corrected chi connectivity index (χ3v) is 10.9. The van der Waals surface area contributed by atoms with Crippen molar-refractivity contribution in [3.05, 3.63) is 71.9 Å². The molecule has 0 spiro atoms. The second kappa shape index (κ2) is 12.1. The quantitative estimate of drug-likeness (QED) is 0.208. The maximum Gasteiger partial charge on any atom is 0.408 e. The Bertz CT molecular complexity index is 1610. The van der Waals surface area contributed by atoms with Gasteiger partial charge in [-0.1, -0.05) is 48.5 Å². The molecule has 4 bridgehead atoms. The summed E-state index contributed by atoms with van der Waals surface area (Å²) in [5.41, 5.74) is 1.22. The average molecular weight is 627 g/mol. The van der Waals surface area contributed by atoms with Gasteiger partial charge in [-0.15, -0.1) is 0 Å². The highest BCUT2D eigenvalue weighted by Crippen LogP contribution is 2.54. The molecule has 2 aromatic carbocycles. The maximum absolute atomic E-state index is 14.1. The zero-order chi connectivity index (χ0) is 32.0. The van der Waals surface area contributed by atoms with Crippen molar-refractivity contribution in [3.8, 4) is 0 Å². The Hall–Kier alpha value is -4.34. The van der Waals surface area contributed by atoms with Gasteiger partial charge in [0.2, 0.25) is 11.8 Å². The molecule has 5 aliphatic carbocycles. The minimum atomic E-state index is -1.37. The smallest absolute Gasteiger partial charge is 0.408 e. The molecule has 5 N–H and O–H groups in total. The average Bonchev–Trinajstić information content (AvgIpc) is 3.76. The number of carboxylic acid groups (broad SMARTS) is 1. The highest BCUT2D eigenvalue weighted by Gasteiger charge is 2.51. The molecule has 4 atom stereocenters. The molecular weight excluding hydrogens is 584 g/mol. The summed E-state index contributed by atoms with van der Waals surface area (Å²) >= 11 is 0.